The Morgan fingerprint density at radius 3 is 2.20 bits per heavy atom. The average molecular weight is 229 g/mol. The first-order chi connectivity index (χ1) is 6.89. The second-order valence-electron chi connectivity index (χ2n) is 5.64. The number of hydrogen-bond donors (Lipinski definition) is 0. The van der Waals surface area contributed by atoms with Gasteiger partial charge in [0.05, 0.1) is 4.75 Å². The molecular weight excluding hydrogens is 206 g/mol. The lowest BCUT2D eigenvalue weighted by Gasteiger charge is -2.23. The van der Waals surface area contributed by atoms with Gasteiger partial charge in [-0.2, -0.15) is 4.40 Å². The molecule has 1 atom stereocenters. The molecule has 0 saturated heterocycles. The molecule has 88 valence electrons. The Bertz CT molecular complexity index is 247. The molecule has 0 radical (unpaired) electrons. The van der Waals surface area contributed by atoms with Crippen molar-refractivity contribution in [2.24, 2.45) is 16.2 Å². The van der Waals surface area contributed by atoms with Gasteiger partial charge >= 0.3 is 0 Å². The summed E-state index contributed by atoms with van der Waals surface area (Å²) in [5, 5.41) is 0. The van der Waals surface area contributed by atoms with E-state index in [-0.39, 0.29) is 4.75 Å². The lowest BCUT2D eigenvalue weighted by Crippen LogP contribution is -2.21. The van der Waals surface area contributed by atoms with Crippen molar-refractivity contribution in [1.82, 2.24) is 0 Å². The Morgan fingerprint density at radius 1 is 1.20 bits per heavy atom. The predicted octanol–water partition coefficient (Wildman–Crippen LogP) is 3.35. The van der Waals surface area contributed by atoms with Crippen LogP contribution in [0.25, 0.3) is 0 Å². The highest BCUT2D eigenvalue weighted by molar-refractivity contribution is 7.85. The van der Waals surface area contributed by atoms with E-state index in [1.165, 1.54) is 25.7 Å². The smallest absolute Gasteiger partial charge is 0.144 e. The fraction of sp³-hybridized carbons (Fsp3) is 0.917. The van der Waals surface area contributed by atoms with Crippen LogP contribution in [0.15, 0.2) is 4.40 Å². The van der Waals surface area contributed by atoms with Gasteiger partial charge in [0.25, 0.3) is 0 Å². The van der Waals surface area contributed by atoms with Crippen molar-refractivity contribution in [1.29, 1.82) is 0 Å². The van der Waals surface area contributed by atoms with Gasteiger partial charge < -0.3 is 0 Å². The number of hydrogen-bond acceptors (Lipinski definition) is 1. The van der Waals surface area contributed by atoms with Gasteiger partial charge in [0.1, 0.15) is 11.0 Å². The molecule has 0 aromatic heterocycles. The zero-order valence-electron chi connectivity index (χ0n) is 10.3. The molecule has 2 nitrogen and oxygen atoms in total. The van der Waals surface area contributed by atoms with E-state index in [1.807, 2.05) is 27.0 Å². The third-order valence-corrected chi connectivity index (χ3v) is 4.31. The second kappa shape index (κ2) is 5.24. The molecule has 0 N–H and O–H groups in total. The van der Waals surface area contributed by atoms with Crippen molar-refractivity contribution >= 4 is 17.2 Å². The minimum atomic E-state index is -1.08. The fourth-order valence-electron chi connectivity index (χ4n) is 1.73. The van der Waals surface area contributed by atoms with E-state index in [9.17, 15) is 4.21 Å². The minimum Gasteiger partial charge on any atom is -0.234 e. The topological polar surface area (TPSA) is 29.4 Å². The molecule has 15 heavy (non-hydrogen) atoms. The average Bonchev–Trinajstić information content (AvgIpc) is 2.15. The van der Waals surface area contributed by atoms with Crippen molar-refractivity contribution in [2.75, 3.05) is 0 Å². The summed E-state index contributed by atoms with van der Waals surface area (Å²) in [6.07, 6.45) is 6.95. The maximum atomic E-state index is 11.7. The van der Waals surface area contributed by atoms with Crippen LogP contribution in [0, 0.1) is 11.8 Å². The van der Waals surface area contributed by atoms with Gasteiger partial charge in [0.2, 0.25) is 0 Å². The van der Waals surface area contributed by atoms with E-state index in [0.29, 0.717) is 5.92 Å². The Balaban J connectivity index is 2.42. The van der Waals surface area contributed by atoms with Crippen LogP contribution in [0.2, 0.25) is 0 Å². The zero-order chi connectivity index (χ0) is 11.5. The second-order valence-corrected chi connectivity index (χ2v) is 7.57. The summed E-state index contributed by atoms with van der Waals surface area (Å²) in [7, 11) is -1.08. The molecule has 1 rings (SSSR count). The van der Waals surface area contributed by atoms with Crippen molar-refractivity contribution in [3.63, 3.8) is 0 Å². The van der Waals surface area contributed by atoms with Crippen LogP contribution in [0.3, 0.4) is 0 Å². The monoisotopic (exact) mass is 229 g/mol. The highest BCUT2D eigenvalue weighted by Crippen LogP contribution is 2.27. The molecule has 1 aliphatic rings. The molecule has 0 aliphatic heterocycles. The summed E-state index contributed by atoms with van der Waals surface area (Å²) in [6, 6.07) is 0. The van der Waals surface area contributed by atoms with Gasteiger partial charge in [-0.05, 0) is 45.4 Å². The normalized spacial score (nSPS) is 30.7. The summed E-state index contributed by atoms with van der Waals surface area (Å²) in [4.78, 5) is 0. The van der Waals surface area contributed by atoms with E-state index >= 15 is 0 Å². The lowest BCUT2D eigenvalue weighted by molar-refractivity contribution is 0.347. The molecule has 0 aromatic carbocycles. The standard InChI is InChI=1S/C12H23NOS/c1-10-5-7-11(8-6-10)9-13-15(14)12(2,3)4/h9-11H,5-8H2,1-4H3/b13-9+/t10?,11?,15-/m0/s1. The van der Waals surface area contributed by atoms with E-state index in [4.69, 9.17) is 0 Å². The maximum absolute atomic E-state index is 11.7. The van der Waals surface area contributed by atoms with Gasteiger partial charge in [-0.15, -0.1) is 0 Å². The first-order valence-electron chi connectivity index (χ1n) is 5.86. The van der Waals surface area contributed by atoms with E-state index < -0.39 is 11.0 Å². The molecule has 1 fully saturated rings. The molecule has 0 heterocycles. The summed E-state index contributed by atoms with van der Waals surface area (Å²) in [5.41, 5.74) is 0. The van der Waals surface area contributed by atoms with Crippen LogP contribution in [-0.2, 0) is 11.0 Å². The van der Waals surface area contributed by atoms with E-state index in [2.05, 4.69) is 11.3 Å². The largest absolute Gasteiger partial charge is 0.234 e. The van der Waals surface area contributed by atoms with Crippen LogP contribution in [0.1, 0.15) is 53.4 Å². The molecule has 0 bridgehead atoms. The molecule has 0 spiro atoms. The number of rotatable bonds is 2. The van der Waals surface area contributed by atoms with E-state index in [0.717, 1.165) is 5.92 Å². The fourth-order valence-corrected chi connectivity index (χ4v) is 2.33. The van der Waals surface area contributed by atoms with Crippen LogP contribution >= 0.6 is 0 Å². The van der Waals surface area contributed by atoms with Crippen LogP contribution in [0.5, 0.6) is 0 Å². The molecule has 1 aliphatic carbocycles. The Kier molecular flexibility index (Phi) is 4.50. The molecule has 1 saturated carbocycles. The predicted molar refractivity (Wildman–Crippen MR) is 67.5 cm³/mol. The van der Waals surface area contributed by atoms with Gasteiger partial charge in [-0.25, -0.2) is 4.21 Å². The highest BCUT2D eigenvalue weighted by atomic mass is 32.2. The summed E-state index contributed by atoms with van der Waals surface area (Å²) >= 11 is 0. The van der Waals surface area contributed by atoms with Crippen LogP contribution in [0.4, 0.5) is 0 Å². The molecular formula is C12H23NOS. The third kappa shape index (κ3) is 4.45. The molecule has 3 heteroatoms. The lowest BCUT2D eigenvalue weighted by atomic mass is 9.84. The van der Waals surface area contributed by atoms with E-state index in [1.54, 1.807) is 0 Å². The highest BCUT2D eigenvalue weighted by Gasteiger charge is 2.20. The quantitative estimate of drug-likeness (QED) is 0.668. The summed E-state index contributed by atoms with van der Waals surface area (Å²) in [5.74, 6) is 1.43. The van der Waals surface area contributed by atoms with Crippen molar-refractivity contribution in [2.45, 2.75) is 58.1 Å². The SMILES string of the molecule is CC1CCC(/C=N/[S@@](=O)C(C)(C)C)CC1. The first kappa shape index (κ1) is 12.9. The zero-order valence-corrected chi connectivity index (χ0v) is 11.1. The molecule has 0 amide bonds. The van der Waals surface area contributed by atoms with Crippen molar-refractivity contribution in [3.8, 4) is 0 Å². The molecule has 0 aromatic rings. The third-order valence-electron chi connectivity index (χ3n) is 2.95. The minimum absolute atomic E-state index is 0.224. The first-order valence-corrected chi connectivity index (χ1v) is 6.96. The Labute approximate surface area is 96.2 Å². The Hall–Kier alpha value is -0.180. The maximum Gasteiger partial charge on any atom is 0.144 e. The van der Waals surface area contributed by atoms with Gasteiger partial charge in [0, 0.05) is 6.21 Å². The molecule has 0 unspecified atom stereocenters. The van der Waals surface area contributed by atoms with Gasteiger partial charge in [0.15, 0.2) is 0 Å². The van der Waals surface area contributed by atoms with Gasteiger partial charge in [-0.3, -0.25) is 0 Å². The van der Waals surface area contributed by atoms with Crippen molar-refractivity contribution in [3.05, 3.63) is 0 Å². The van der Waals surface area contributed by atoms with Crippen LogP contribution < -0.4 is 0 Å². The van der Waals surface area contributed by atoms with Crippen LogP contribution in [-0.4, -0.2) is 15.2 Å². The summed E-state index contributed by atoms with van der Waals surface area (Å²) < 4.78 is 15.7. The van der Waals surface area contributed by atoms with Crippen molar-refractivity contribution < 1.29 is 4.21 Å². The summed E-state index contributed by atoms with van der Waals surface area (Å²) in [6.45, 7) is 8.19. The van der Waals surface area contributed by atoms with Gasteiger partial charge in [-0.1, -0.05) is 19.8 Å². The number of nitrogens with zero attached hydrogens (tertiary/aromatic N) is 1. The Morgan fingerprint density at radius 2 is 1.73 bits per heavy atom.